The highest BCUT2D eigenvalue weighted by Crippen LogP contribution is 2.44. The number of nitrogens with one attached hydrogen (secondary N) is 1. The lowest BCUT2D eigenvalue weighted by atomic mass is 10.1. The molecule has 0 amide bonds. The summed E-state index contributed by atoms with van der Waals surface area (Å²) in [4.78, 5) is 8.36. The van der Waals surface area contributed by atoms with Gasteiger partial charge >= 0.3 is 0 Å². The van der Waals surface area contributed by atoms with E-state index < -0.39 is 115 Å². The van der Waals surface area contributed by atoms with E-state index in [2.05, 4.69) is 25.6 Å². The van der Waals surface area contributed by atoms with Gasteiger partial charge in [0.25, 0.3) is 0 Å². The van der Waals surface area contributed by atoms with Crippen molar-refractivity contribution in [2.24, 2.45) is 0 Å². The van der Waals surface area contributed by atoms with Crippen LogP contribution in [0.5, 0.6) is 0 Å². The van der Waals surface area contributed by atoms with Gasteiger partial charge in [-0.25, -0.2) is 19.0 Å². The summed E-state index contributed by atoms with van der Waals surface area (Å²) in [5.41, 5.74) is -4.25. The van der Waals surface area contributed by atoms with Crippen LogP contribution in [0.1, 0.15) is 68.4 Å². The first-order valence-corrected chi connectivity index (χ1v) is 11.5. The maximum absolute atomic E-state index is 14.8. The molecule has 2 aliphatic rings. The van der Waals surface area contributed by atoms with Crippen molar-refractivity contribution >= 4 is 28.7 Å². The van der Waals surface area contributed by atoms with E-state index in [0.717, 1.165) is 11.6 Å². The van der Waals surface area contributed by atoms with Crippen LogP contribution in [-0.4, -0.2) is 83.4 Å². The Hall–Kier alpha value is -2.38. The molecule has 0 unspecified atom stereocenters. The first-order valence-electron chi connectivity index (χ1n) is 17.7. The molecular formula is C24H31FN6O4S. The molecule has 10 nitrogen and oxygen atoms in total. The number of nitrogens with zero attached hydrogens (tertiary/aromatic N) is 5. The van der Waals surface area contributed by atoms with Gasteiger partial charge in [0.15, 0.2) is 22.1 Å². The van der Waals surface area contributed by atoms with Gasteiger partial charge in [-0.1, -0.05) is 36.0 Å². The molecule has 3 aromatic rings. The summed E-state index contributed by atoms with van der Waals surface area (Å²) in [6.45, 7) is -4.72. The fourth-order valence-electron chi connectivity index (χ4n) is 3.86. The molecule has 5 rings (SSSR count). The highest BCUT2D eigenvalue weighted by atomic mass is 32.2. The van der Waals surface area contributed by atoms with E-state index in [4.69, 9.17) is 23.9 Å². The van der Waals surface area contributed by atoms with E-state index in [1.165, 1.54) is 6.92 Å². The van der Waals surface area contributed by atoms with Crippen LogP contribution in [0.15, 0.2) is 23.3 Å². The molecule has 2 aliphatic carbocycles. The van der Waals surface area contributed by atoms with E-state index in [1.54, 1.807) is 0 Å². The fraction of sp³-hybridized carbons (Fsp3) is 0.583. The van der Waals surface area contributed by atoms with Gasteiger partial charge in [0.1, 0.15) is 18.0 Å². The second kappa shape index (κ2) is 10.5. The Bertz CT molecular complexity index is 1820. The Labute approximate surface area is 232 Å². The van der Waals surface area contributed by atoms with Gasteiger partial charge < -0.3 is 25.4 Å². The lowest BCUT2D eigenvalue weighted by molar-refractivity contribution is -0.0629. The molecule has 1 aromatic carbocycles. The van der Waals surface area contributed by atoms with Gasteiger partial charge in [-0.05, 0) is 36.8 Å². The zero-order chi connectivity index (χ0) is 37.9. The van der Waals surface area contributed by atoms with E-state index in [1.807, 2.05) is 0 Å². The third-order valence-electron chi connectivity index (χ3n) is 5.72. The smallest absolute Gasteiger partial charge is 0.191 e. The van der Waals surface area contributed by atoms with Gasteiger partial charge in [0.2, 0.25) is 0 Å². The van der Waals surface area contributed by atoms with Crippen LogP contribution in [0.3, 0.4) is 0 Å². The number of ether oxygens (including phenoxy) is 1. The van der Waals surface area contributed by atoms with Crippen molar-refractivity contribution in [3.8, 4) is 0 Å². The van der Waals surface area contributed by atoms with E-state index in [-0.39, 0.29) is 28.5 Å². The number of benzene rings is 1. The Morgan fingerprint density at radius 1 is 1.39 bits per heavy atom. The SMILES string of the molecule is [2H]c1c([2H])c([C@@H]2C([2H])([2H])[C@@]2([2H])Nc2nc(SC([2H])([2H])C([2H])([2H])C)nc3c2nnn3[C@@H]2C[C@H](OC([2H])([2H])C([2H])([2H])O)[C@@H](O)[C@H]2O)c([2H])c(F)c1C. The van der Waals surface area contributed by atoms with Crippen LogP contribution in [0.4, 0.5) is 10.2 Å². The topological polar surface area (TPSA) is 138 Å². The summed E-state index contributed by atoms with van der Waals surface area (Å²) >= 11 is 0.185. The largest absolute Gasteiger partial charge is 0.394 e. The van der Waals surface area contributed by atoms with Gasteiger partial charge in [0, 0.05) is 32.3 Å². The summed E-state index contributed by atoms with van der Waals surface area (Å²) in [7, 11) is 0. The van der Waals surface area contributed by atoms with Gasteiger partial charge in [-0.2, -0.15) is 0 Å². The standard InChI is InChI=1S/C24H31FN6O4S/c1-3-8-36-24-27-22(26-16-10-14(16)13-5-4-12(2)15(25)9-13)19-23(28-24)31(30-29-19)17-11-18(35-7-6-32)21(34)20(17)33/h4-5,9,14,16-18,20-21,32-34H,3,6-8,10-11H2,1-2H3,(H,26,27,28)/t14-,16+,17+,18-,20-,21+/m0/s1/i3D2,4D,5D,6D2,7D2,8D2,9D,10D2,16D. The van der Waals surface area contributed by atoms with Crippen molar-refractivity contribution in [3.63, 3.8) is 0 Å². The lowest BCUT2D eigenvalue weighted by Gasteiger charge is -2.17. The molecule has 0 saturated heterocycles. The quantitative estimate of drug-likeness (QED) is 0.227. The first-order chi connectivity index (χ1) is 22.6. The molecule has 4 N–H and O–H groups in total. The molecule has 2 heterocycles. The second-order valence-corrected chi connectivity index (χ2v) is 8.79. The number of aromatic nitrogens is 5. The lowest BCUT2D eigenvalue weighted by Crippen LogP contribution is -2.33. The number of rotatable bonds is 10. The van der Waals surface area contributed by atoms with Crippen LogP contribution in [0.25, 0.3) is 11.2 Å². The minimum absolute atomic E-state index is 0.185. The Morgan fingerprint density at radius 3 is 3.00 bits per heavy atom. The summed E-state index contributed by atoms with van der Waals surface area (Å²) < 4.78 is 134. The Morgan fingerprint density at radius 2 is 2.22 bits per heavy atom. The van der Waals surface area contributed by atoms with Crippen LogP contribution in [0.2, 0.25) is 0 Å². The average molecular weight is 533 g/mol. The minimum Gasteiger partial charge on any atom is -0.394 e. The van der Waals surface area contributed by atoms with Crippen molar-refractivity contribution in [2.45, 2.75) is 74.5 Å². The average Bonchev–Trinajstić information content (AvgIpc) is 3.27. The minimum atomic E-state index is -3.51. The van der Waals surface area contributed by atoms with Crippen LogP contribution in [-0.2, 0) is 4.74 Å². The van der Waals surface area contributed by atoms with Gasteiger partial charge in [0.05, 0.1) is 36.2 Å². The molecular weight excluding hydrogens is 487 g/mol. The van der Waals surface area contributed by atoms with Crippen LogP contribution < -0.4 is 5.32 Å². The highest BCUT2D eigenvalue weighted by molar-refractivity contribution is 7.99. The first kappa shape index (κ1) is 13.4. The fourth-order valence-corrected chi connectivity index (χ4v) is 4.32. The third-order valence-corrected chi connectivity index (χ3v) is 6.39. The monoisotopic (exact) mass is 532 g/mol. The number of aliphatic hydroxyl groups excluding tert-OH is 2. The summed E-state index contributed by atoms with van der Waals surface area (Å²) in [6.07, 6.45) is -10.9. The zero-order valence-corrected chi connectivity index (χ0v) is 19.7. The molecule has 2 aromatic heterocycles. The number of hydrogen-bond donors (Lipinski definition) is 4. The number of anilines is 1. The molecule has 36 heavy (non-hydrogen) atoms. The number of hydrogen-bond acceptors (Lipinski definition) is 10. The molecule has 6 atom stereocenters. The number of fused-ring (bicyclic) bond motifs is 1. The van der Waals surface area contributed by atoms with Crippen molar-refractivity contribution in [2.75, 3.05) is 24.1 Å². The summed E-state index contributed by atoms with van der Waals surface area (Å²) in [5, 5.41) is 41.0. The van der Waals surface area contributed by atoms with Crippen molar-refractivity contribution < 1.29 is 43.6 Å². The van der Waals surface area contributed by atoms with Crippen molar-refractivity contribution in [3.05, 3.63) is 35.1 Å². The van der Waals surface area contributed by atoms with Crippen LogP contribution >= 0.6 is 11.8 Å². The van der Waals surface area contributed by atoms with E-state index in [9.17, 15) is 19.7 Å². The number of halogens is 1. The number of aliphatic hydroxyl groups is 3. The predicted octanol–water partition coefficient (Wildman–Crippen LogP) is 2.18. The van der Waals surface area contributed by atoms with Gasteiger partial charge in [-0.3, -0.25) is 0 Å². The molecule has 0 radical (unpaired) electrons. The Balaban J connectivity index is 1.61. The molecule has 0 spiro atoms. The summed E-state index contributed by atoms with van der Waals surface area (Å²) in [6, 6.07) is -6.01. The molecule has 12 heteroatoms. The molecule has 0 aliphatic heterocycles. The molecule has 2 fully saturated rings. The predicted molar refractivity (Wildman–Crippen MR) is 133 cm³/mol. The normalized spacial score (nSPS) is 38.3. The third kappa shape index (κ3) is 4.92. The molecule has 2 saturated carbocycles. The second-order valence-electron chi connectivity index (χ2n) is 8.01. The van der Waals surface area contributed by atoms with E-state index in [0.29, 0.717) is 0 Å². The maximum atomic E-state index is 14.8. The van der Waals surface area contributed by atoms with Crippen molar-refractivity contribution in [1.82, 2.24) is 25.0 Å². The van der Waals surface area contributed by atoms with Crippen molar-refractivity contribution in [1.29, 1.82) is 0 Å². The number of thioether (sulfide) groups is 1. The highest BCUT2D eigenvalue weighted by Gasteiger charge is 2.45. The zero-order valence-electron chi connectivity index (χ0n) is 32.9. The Kier molecular flexibility index (Phi) is 3.93. The van der Waals surface area contributed by atoms with Crippen LogP contribution in [0, 0.1) is 12.7 Å². The molecule has 0 bridgehead atoms. The van der Waals surface area contributed by atoms with Gasteiger partial charge in [-0.15, -0.1) is 5.10 Å². The molecule has 194 valence electrons. The summed E-state index contributed by atoms with van der Waals surface area (Å²) in [5.74, 6) is -3.37. The van der Waals surface area contributed by atoms with E-state index >= 15 is 0 Å². The maximum Gasteiger partial charge on any atom is 0.191 e.